The van der Waals surface area contributed by atoms with Gasteiger partial charge in [-0.2, -0.15) is 0 Å². The molecule has 1 rings (SSSR count). The Morgan fingerprint density at radius 3 is 2.80 bits per heavy atom. The van der Waals surface area contributed by atoms with Crippen LogP contribution in [0, 0.1) is 5.92 Å². The van der Waals surface area contributed by atoms with E-state index in [0.29, 0.717) is 19.3 Å². The number of rotatable bonds is 5. The highest BCUT2D eigenvalue weighted by Crippen LogP contribution is 2.17. The molecule has 4 nitrogen and oxygen atoms in total. The van der Waals surface area contributed by atoms with Crippen LogP contribution in [0.15, 0.2) is 24.8 Å². The SMILES string of the molecule is C=CCCC(=O)NC1C=CC(C(=O)O)C1. The van der Waals surface area contributed by atoms with Gasteiger partial charge in [-0.05, 0) is 12.8 Å². The molecule has 1 aliphatic rings. The van der Waals surface area contributed by atoms with Gasteiger partial charge in [-0.25, -0.2) is 0 Å². The number of aliphatic carboxylic acids is 1. The largest absolute Gasteiger partial charge is 0.481 e. The average Bonchev–Trinajstić information content (AvgIpc) is 2.63. The van der Waals surface area contributed by atoms with Gasteiger partial charge in [0.05, 0.1) is 5.92 Å². The van der Waals surface area contributed by atoms with Crippen LogP contribution in [0.5, 0.6) is 0 Å². The molecule has 0 aromatic heterocycles. The van der Waals surface area contributed by atoms with Gasteiger partial charge < -0.3 is 10.4 Å². The van der Waals surface area contributed by atoms with E-state index in [2.05, 4.69) is 11.9 Å². The predicted molar refractivity (Wildman–Crippen MR) is 56.2 cm³/mol. The van der Waals surface area contributed by atoms with Crippen molar-refractivity contribution in [2.75, 3.05) is 0 Å². The van der Waals surface area contributed by atoms with E-state index in [1.54, 1.807) is 18.2 Å². The number of carbonyl (C=O) groups is 2. The normalized spacial score (nSPS) is 23.7. The molecule has 0 bridgehead atoms. The molecule has 2 N–H and O–H groups in total. The zero-order valence-corrected chi connectivity index (χ0v) is 8.48. The van der Waals surface area contributed by atoms with Gasteiger partial charge in [0.2, 0.25) is 5.91 Å². The number of carboxylic acids is 1. The van der Waals surface area contributed by atoms with Crippen LogP contribution in [0.25, 0.3) is 0 Å². The van der Waals surface area contributed by atoms with E-state index in [-0.39, 0.29) is 11.9 Å². The molecule has 0 saturated carbocycles. The minimum atomic E-state index is -0.839. The Kier molecular flexibility index (Phi) is 4.09. The van der Waals surface area contributed by atoms with Gasteiger partial charge in [0, 0.05) is 12.5 Å². The molecule has 0 radical (unpaired) electrons. The summed E-state index contributed by atoms with van der Waals surface area (Å²) in [6, 6.07) is -0.136. The van der Waals surface area contributed by atoms with E-state index >= 15 is 0 Å². The van der Waals surface area contributed by atoms with E-state index < -0.39 is 11.9 Å². The van der Waals surface area contributed by atoms with Gasteiger partial charge in [-0.3, -0.25) is 9.59 Å². The number of amides is 1. The molecule has 0 aromatic rings. The van der Waals surface area contributed by atoms with E-state index in [0.717, 1.165) is 0 Å². The predicted octanol–water partition coefficient (Wildman–Crippen LogP) is 1.10. The fourth-order valence-corrected chi connectivity index (χ4v) is 1.50. The lowest BCUT2D eigenvalue weighted by Gasteiger charge is -2.11. The summed E-state index contributed by atoms with van der Waals surface area (Å²) in [7, 11) is 0. The van der Waals surface area contributed by atoms with Crippen molar-refractivity contribution in [3.05, 3.63) is 24.8 Å². The Balaban J connectivity index is 2.30. The first-order valence-electron chi connectivity index (χ1n) is 4.95. The Hall–Kier alpha value is -1.58. The van der Waals surface area contributed by atoms with Crippen LogP contribution in [0.1, 0.15) is 19.3 Å². The molecule has 4 heteroatoms. The fourth-order valence-electron chi connectivity index (χ4n) is 1.50. The van der Waals surface area contributed by atoms with Crippen LogP contribution < -0.4 is 5.32 Å². The maximum atomic E-state index is 11.3. The van der Waals surface area contributed by atoms with Crippen LogP contribution >= 0.6 is 0 Å². The van der Waals surface area contributed by atoms with Crippen molar-refractivity contribution < 1.29 is 14.7 Å². The number of nitrogens with one attached hydrogen (secondary N) is 1. The van der Waals surface area contributed by atoms with Crippen molar-refractivity contribution in [3.8, 4) is 0 Å². The van der Waals surface area contributed by atoms with E-state index in [1.807, 2.05) is 0 Å². The van der Waals surface area contributed by atoms with Crippen molar-refractivity contribution in [2.24, 2.45) is 5.92 Å². The van der Waals surface area contributed by atoms with Gasteiger partial charge in [0.15, 0.2) is 0 Å². The van der Waals surface area contributed by atoms with Gasteiger partial charge in [-0.15, -0.1) is 6.58 Å². The first-order valence-corrected chi connectivity index (χ1v) is 4.95. The van der Waals surface area contributed by atoms with Crippen LogP contribution in [-0.4, -0.2) is 23.0 Å². The molecule has 82 valence electrons. The molecular weight excluding hydrogens is 194 g/mol. The second kappa shape index (κ2) is 5.34. The first-order chi connectivity index (χ1) is 7.13. The minimum absolute atomic E-state index is 0.0596. The number of hydrogen-bond donors (Lipinski definition) is 2. The monoisotopic (exact) mass is 209 g/mol. The maximum absolute atomic E-state index is 11.3. The zero-order valence-electron chi connectivity index (χ0n) is 8.48. The van der Waals surface area contributed by atoms with Crippen molar-refractivity contribution >= 4 is 11.9 Å². The van der Waals surface area contributed by atoms with Crippen LogP contribution in [-0.2, 0) is 9.59 Å². The fraction of sp³-hybridized carbons (Fsp3) is 0.455. The molecule has 2 unspecified atom stereocenters. The molecule has 2 atom stereocenters. The summed E-state index contributed by atoms with van der Waals surface area (Å²) in [6.45, 7) is 3.53. The quantitative estimate of drug-likeness (QED) is 0.666. The van der Waals surface area contributed by atoms with Crippen molar-refractivity contribution in [1.82, 2.24) is 5.32 Å². The van der Waals surface area contributed by atoms with Crippen molar-refractivity contribution in [3.63, 3.8) is 0 Å². The van der Waals surface area contributed by atoms with Gasteiger partial charge >= 0.3 is 5.97 Å². The molecule has 0 saturated heterocycles. The lowest BCUT2D eigenvalue weighted by molar-refractivity contribution is -0.140. The molecule has 0 spiro atoms. The highest BCUT2D eigenvalue weighted by molar-refractivity contribution is 5.77. The average molecular weight is 209 g/mol. The summed E-state index contributed by atoms with van der Waals surface area (Å²) in [5.41, 5.74) is 0. The second-order valence-corrected chi connectivity index (χ2v) is 3.57. The third kappa shape index (κ3) is 3.58. The lowest BCUT2D eigenvalue weighted by Crippen LogP contribution is -2.33. The molecule has 1 aliphatic carbocycles. The summed E-state index contributed by atoms with van der Waals surface area (Å²) in [6.07, 6.45) is 6.56. The number of allylic oxidation sites excluding steroid dienone is 1. The molecular formula is C11H15NO3. The molecule has 0 fully saturated rings. The van der Waals surface area contributed by atoms with E-state index in [1.165, 1.54) is 0 Å². The number of carboxylic acid groups (broad SMARTS) is 1. The molecule has 1 amide bonds. The van der Waals surface area contributed by atoms with Gasteiger partial charge in [-0.1, -0.05) is 18.2 Å². The molecule has 15 heavy (non-hydrogen) atoms. The summed E-state index contributed by atoms with van der Waals surface area (Å²) in [5, 5.41) is 11.5. The summed E-state index contributed by atoms with van der Waals surface area (Å²) < 4.78 is 0. The molecule has 0 aromatic carbocycles. The first kappa shape index (κ1) is 11.5. The van der Waals surface area contributed by atoms with E-state index in [4.69, 9.17) is 5.11 Å². The van der Waals surface area contributed by atoms with E-state index in [9.17, 15) is 9.59 Å². The number of hydrogen-bond acceptors (Lipinski definition) is 2. The Morgan fingerprint density at radius 2 is 2.27 bits per heavy atom. The van der Waals surface area contributed by atoms with Crippen LogP contribution in [0.3, 0.4) is 0 Å². The molecule has 0 heterocycles. The number of carbonyl (C=O) groups excluding carboxylic acids is 1. The van der Waals surface area contributed by atoms with Crippen LogP contribution in [0.2, 0.25) is 0 Å². The Morgan fingerprint density at radius 1 is 1.53 bits per heavy atom. The lowest BCUT2D eigenvalue weighted by atomic mass is 10.1. The van der Waals surface area contributed by atoms with Crippen LogP contribution in [0.4, 0.5) is 0 Å². The minimum Gasteiger partial charge on any atom is -0.481 e. The third-order valence-electron chi connectivity index (χ3n) is 2.32. The zero-order chi connectivity index (χ0) is 11.3. The van der Waals surface area contributed by atoms with Gasteiger partial charge in [0.25, 0.3) is 0 Å². The Labute approximate surface area is 88.7 Å². The maximum Gasteiger partial charge on any atom is 0.310 e. The summed E-state index contributed by atoms with van der Waals surface area (Å²) >= 11 is 0. The smallest absolute Gasteiger partial charge is 0.310 e. The third-order valence-corrected chi connectivity index (χ3v) is 2.32. The Bertz CT molecular complexity index is 296. The topological polar surface area (TPSA) is 66.4 Å². The standard InChI is InChI=1S/C11H15NO3/c1-2-3-4-10(13)12-9-6-5-8(7-9)11(14)15/h2,5-6,8-9H,1,3-4,7H2,(H,12,13)(H,14,15). The van der Waals surface area contributed by atoms with Crippen molar-refractivity contribution in [1.29, 1.82) is 0 Å². The second-order valence-electron chi connectivity index (χ2n) is 3.57. The summed E-state index contributed by atoms with van der Waals surface area (Å²) in [4.78, 5) is 21.9. The summed E-state index contributed by atoms with van der Waals surface area (Å²) in [5.74, 6) is -1.36. The van der Waals surface area contributed by atoms with Crippen molar-refractivity contribution in [2.45, 2.75) is 25.3 Å². The highest BCUT2D eigenvalue weighted by Gasteiger charge is 2.24. The molecule has 0 aliphatic heterocycles. The van der Waals surface area contributed by atoms with Gasteiger partial charge in [0.1, 0.15) is 0 Å². The highest BCUT2D eigenvalue weighted by atomic mass is 16.4.